The largest absolute Gasteiger partial charge is 0.504 e. The third kappa shape index (κ3) is 2.93. The van der Waals surface area contributed by atoms with Gasteiger partial charge in [0.25, 0.3) is 0 Å². The number of para-hydroxylation sites is 1. The Morgan fingerprint density at radius 3 is 3.07 bits per heavy atom. The minimum absolute atomic E-state index is 0.0807. The molecular formula is C10H11N3O2. The Bertz CT molecular complexity index is 409. The molecule has 15 heavy (non-hydrogen) atoms. The van der Waals surface area contributed by atoms with Gasteiger partial charge in [-0.2, -0.15) is 0 Å². The quantitative estimate of drug-likeness (QED) is 0.466. The first-order valence-electron chi connectivity index (χ1n) is 4.33. The van der Waals surface area contributed by atoms with Crippen LogP contribution in [0, 0.1) is 0 Å². The maximum atomic E-state index is 9.67. The Hall–Kier alpha value is -2.13. The summed E-state index contributed by atoms with van der Waals surface area (Å²) in [6.45, 7) is 0.257. The van der Waals surface area contributed by atoms with E-state index in [9.17, 15) is 5.11 Å². The number of phenols is 1. The second-order valence-electron chi connectivity index (χ2n) is 2.71. The lowest BCUT2D eigenvalue weighted by Gasteiger charge is -2.04. The lowest BCUT2D eigenvalue weighted by Crippen LogP contribution is -1.85. The summed E-state index contributed by atoms with van der Waals surface area (Å²) in [7, 11) is 1.49. The van der Waals surface area contributed by atoms with Crippen LogP contribution in [-0.2, 0) is 0 Å². The molecule has 0 saturated carbocycles. The van der Waals surface area contributed by atoms with Crippen LogP contribution in [0.3, 0.4) is 0 Å². The van der Waals surface area contributed by atoms with E-state index < -0.39 is 0 Å². The lowest BCUT2D eigenvalue weighted by atomic mass is 10.1. The highest BCUT2D eigenvalue weighted by molar-refractivity contribution is 5.61. The van der Waals surface area contributed by atoms with Gasteiger partial charge in [-0.15, -0.1) is 0 Å². The van der Waals surface area contributed by atoms with Crippen molar-refractivity contribution < 1.29 is 9.84 Å². The lowest BCUT2D eigenvalue weighted by molar-refractivity contribution is 0.373. The van der Waals surface area contributed by atoms with E-state index in [0.29, 0.717) is 11.3 Å². The first-order valence-corrected chi connectivity index (χ1v) is 4.33. The summed E-state index contributed by atoms with van der Waals surface area (Å²) in [5.41, 5.74) is 8.68. The standard InChI is InChI=1S/C10H11N3O2/c1-15-9-6-2-4-8(10(9)14)5-3-7-12-13-11/h2-6,14H,7H2,1H3. The fourth-order valence-corrected chi connectivity index (χ4v) is 1.10. The molecule has 1 aromatic rings. The Kier molecular flexibility index (Phi) is 4.06. The van der Waals surface area contributed by atoms with E-state index in [2.05, 4.69) is 10.0 Å². The van der Waals surface area contributed by atoms with Crippen molar-refractivity contribution in [3.05, 3.63) is 40.3 Å². The minimum Gasteiger partial charge on any atom is -0.504 e. The molecule has 5 nitrogen and oxygen atoms in total. The van der Waals surface area contributed by atoms with E-state index in [0.717, 1.165) is 0 Å². The van der Waals surface area contributed by atoms with Gasteiger partial charge in [-0.25, -0.2) is 0 Å². The van der Waals surface area contributed by atoms with Crippen LogP contribution in [0.15, 0.2) is 29.4 Å². The van der Waals surface area contributed by atoms with Crippen LogP contribution in [0.5, 0.6) is 11.5 Å². The second kappa shape index (κ2) is 5.57. The van der Waals surface area contributed by atoms with E-state index in [1.54, 1.807) is 30.4 Å². The Labute approximate surface area is 87.2 Å². The van der Waals surface area contributed by atoms with Crippen molar-refractivity contribution in [3.8, 4) is 11.5 Å². The molecule has 78 valence electrons. The Morgan fingerprint density at radius 2 is 2.40 bits per heavy atom. The molecule has 0 heterocycles. The van der Waals surface area contributed by atoms with E-state index in [-0.39, 0.29) is 12.3 Å². The van der Waals surface area contributed by atoms with E-state index in [4.69, 9.17) is 10.3 Å². The van der Waals surface area contributed by atoms with Crippen LogP contribution < -0.4 is 4.74 Å². The number of aromatic hydroxyl groups is 1. The van der Waals surface area contributed by atoms with Gasteiger partial charge in [0.05, 0.1) is 7.11 Å². The third-order valence-corrected chi connectivity index (χ3v) is 1.80. The maximum Gasteiger partial charge on any atom is 0.165 e. The number of rotatable bonds is 4. The summed E-state index contributed by atoms with van der Waals surface area (Å²) in [6.07, 6.45) is 3.33. The molecule has 0 aliphatic heterocycles. The van der Waals surface area contributed by atoms with Gasteiger partial charge in [0.2, 0.25) is 0 Å². The number of hydrogen-bond donors (Lipinski definition) is 1. The van der Waals surface area contributed by atoms with Crippen LogP contribution in [0.1, 0.15) is 5.56 Å². The molecule has 5 heteroatoms. The molecule has 1 N–H and O–H groups in total. The topological polar surface area (TPSA) is 78.2 Å². The predicted molar refractivity (Wildman–Crippen MR) is 57.7 cm³/mol. The van der Waals surface area contributed by atoms with Crippen molar-refractivity contribution in [2.45, 2.75) is 0 Å². The monoisotopic (exact) mass is 205 g/mol. The molecule has 0 aromatic heterocycles. The zero-order chi connectivity index (χ0) is 11.1. The minimum atomic E-state index is 0.0807. The number of methoxy groups -OCH3 is 1. The van der Waals surface area contributed by atoms with Gasteiger partial charge in [-0.05, 0) is 11.6 Å². The van der Waals surface area contributed by atoms with Gasteiger partial charge in [0, 0.05) is 17.0 Å². The summed E-state index contributed by atoms with van der Waals surface area (Å²) >= 11 is 0. The summed E-state index contributed by atoms with van der Waals surface area (Å²) in [5.74, 6) is 0.498. The number of hydrogen-bond acceptors (Lipinski definition) is 3. The van der Waals surface area contributed by atoms with Crippen molar-refractivity contribution in [2.24, 2.45) is 5.11 Å². The number of nitrogens with zero attached hydrogens (tertiary/aromatic N) is 3. The SMILES string of the molecule is COc1cccc(C=CCN=[N+]=[N-])c1O. The third-order valence-electron chi connectivity index (χ3n) is 1.80. The fraction of sp³-hybridized carbons (Fsp3) is 0.200. The van der Waals surface area contributed by atoms with E-state index in [1.807, 2.05) is 0 Å². The molecule has 0 aliphatic rings. The number of phenolic OH excluding ortho intramolecular Hbond substituents is 1. The van der Waals surface area contributed by atoms with Crippen molar-refractivity contribution in [1.82, 2.24) is 0 Å². The number of ether oxygens (including phenoxy) is 1. The van der Waals surface area contributed by atoms with Crippen LogP contribution in [0.25, 0.3) is 16.5 Å². The van der Waals surface area contributed by atoms with Crippen molar-refractivity contribution in [2.75, 3.05) is 13.7 Å². The fourth-order valence-electron chi connectivity index (χ4n) is 1.10. The first-order chi connectivity index (χ1) is 7.29. The maximum absolute atomic E-state index is 9.67. The summed E-state index contributed by atoms with van der Waals surface area (Å²) in [4.78, 5) is 2.61. The van der Waals surface area contributed by atoms with Gasteiger partial charge in [0.1, 0.15) is 0 Å². The van der Waals surface area contributed by atoms with Crippen LogP contribution >= 0.6 is 0 Å². The number of benzene rings is 1. The highest BCUT2D eigenvalue weighted by Gasteiger charge is 2.03. The Morgan fingerprint density at radius 1 is 1.60 bits per heavy atom. The van der Waals surface area contributed by atoms with Crippen molar-refractivity contribution >= 4 is 6.08 Å². The number of azide groups is 1. The smallest absolute Gasteiger partial charge is 0.165 e. The van der Waals surface area contributed by atoms with Gasteiger partial charge < -0.3 is 9.84 Å². The van der Waals surface area contributed by atoms with Crippen molar-refractivity contribution in [3.63, 3.8) is 0 Å². The predicted octanol–water partition coefficient (Wildman–Crippen LogP) is 2.72. The Balaban J connectivity index is 2.85. The zero-order valence-corrected chi connectivity index (χ0v) is 8.29. The highest BCUT2D eigenvalue weighted by atomic mass is 16.5. The molecule has 1 rings (SSSR count). The molecule has 0 radical (unpaired) electrons. The molecule has 1 aromatic carbocycles. The average molecular weight is 205 g/mol. The van der Waals surface area contributed by atoms with Gasteiger partial charge >= 0.3 is 0 Å². The normalized spacial score (nSPS) is 9.93. The van der Waals surface area contributed by atoms with Gasteiger partial charge in [-0.3, -0.25) is 0 Å². The van der Waals surface area contributed by atoms with Crippen LogP contribution in [0.2, 0.25) is 0 Å². The highest BCUT2D eigenvalue weighted by Crippen LogP contribution is 2.29. The molecule has 0 spiro atoms. The molecular weight excluding hydrogens is 194 g/mol. The van der Waals surface area contributed by atoms with Crippen LogP contribution in [-0.4, -0.2) is 18.8 Å². The first kappa shape index (κ1) is 10.9. The van der Waals surface area contributed by atoms with Gasteiger partial charge in [0.15, 0.2) is 11.5 Å². The molecule has 0 atom stereocenters. The average Bonchev–Trinajstić information content (AvgIpc) is 2.26. The van der Waals surface area contributed by atoms with E-state index in [1.165, 1.54) is 7.11 Å². The summed E-state index contributed by atoms with van der Waals surface area (Å²) < 4.78 is 4.95. The van der Waals surface area contributed by atoms with Gasteiger partial charge in [-0.1, -0.05) is 29.4 Å². The summed E-state index contributed by atoms with van der Waals surface area (Å²) in [6, 6.07) is 5.18. The molecule has 0 unspecified atom stereocenters. The molecule has 0 fully saturated rings. The van der Waals surface area contributed by atoms with Crippen LogP contribution in [0.4, 0.5) is 0 Å². The zero-order valence-electron chi connectivity index (χ0n) is 8.29. The summed E-state index contributed by atoms with van der Waals surface area (Å²) in [5, 5.41) is 13.0. The molecule has 0 bridgehead atoms. The van der Waals surface area contributed by atoms with Crippen molar-refractivity contribution in [1.29, 1.82) is 0 Å². The molecule has 0 aliphatic carbocycles. The van der Waals surface area contributed by atoms with E-state index >= 15 is 0 Å². The molecule has 0 saturated heterocycles. The molecule has 0 amide bonds. The second-order valence-corrected chi connectivity index (χ2v) is 2.71.